The number of para-hydroxylation sites is 2. The maximum atomic E-state index is 8.70. The van der Waals surface area contributed by atoms with Crippen LogP contribution in [0.15, 0.2) is 48.5 Å². The molecule has 1 heterocycles. The molecule has 0 radical (unpaired) electrons. The van der Waals surface area contributed by atoms with Gasteiger partial charge in [0, 0.05) is 13.1 Å². The predicted octanol–water partition coefficient (Wildman–Crippen LogP) is 4.23. The second-order valence-electron chi connectivity index (χ2n) is 6.81. The Bertz CT molecular complexity index is 943. The van der Waals surface area contributed by atoms with Gasteiger partial charge in [0.2, 0.25) is 5.62 Å². The summed E-state index contributed by atoms with van der Waals surface area (Å²) in [6, 6.07) is 16.4. The molecule has 3 aromatic rings. The molecule has 3 rings (SSSR count). The first kappa shape index (κ1) is 22.2. The molecule has 0 spiro atoms. The van der Waals surface area contributed by atoms with Gasteiger partial charge in [-0.05, 0) is 49.8 Å². The molecular weight excluding hydrogens is 416 g/mol. The average Bonchev–Trinajstić information content (AvgIpc) is 2.94. The summed E-state index contributed by atoms with van der Waals surface area (Å²) in [5.74, 6) is 0.882. The smallest absolute Gasteiger partial charge is 0.203 e. The van der Waals surface area contributed by atoms with Gasteiger partial charge in [-0.15, -0.1) is 17.0 Å². The Labute approximate surface area is 177 Å². The lowest BCUT2D eigenvalue weighted by atomic mass is 10.2. The van der Waals surface area contributed by atoms with Gasteiger partial charge in [0.25, 0.3) is 0 Å². The van der Waals surface area contributed by atoms with Crippen molar-refractivity contribution in [3.8, 4) is 5.75 Å². The second-order valence-corrected chi connectivity index (χ2v) is 6.81. The van der Waals surface area contributed by atoms with E-state index in [1.165, 1.54) is 5.56 Å². The first-order valence-corrected chi connectivity index (χ1v) is 9.78. The van der Waals surface area contributed by atoms with Crippen molar-refractivity contribution in [2.75, 3.05) is 26.2 Å². The maximum absolute atomic E-state index is 8.70. The molecule has 1 aromatic heterocycles. The first-order valence-electron chi connectivity index (χ1n) is 9.78. The van der Waals surface area contributed by atoms with Gasteiger partial charge in [-0.2, -0.15) is 0 Å². The van der Waals surface area contributed by atoms with Crippen LogP contribution in [0.4, 0.5) is 0 Å². The number of fused-ring (bicyclic) bond motifs is 1. The van der Waals surface area contributed by atoms with Crippen LogP contribution in [0.5, 0.6) is 5.75 Å². The summed E-state index contributed by atoms with van der Waals surface area (Å²) in [6.07, 6.45) is 0. The predicted molar refractivity (Wildman–Crippen MR) is 121 cm³/mol. The SMILES string of the molecule is Br.CCN(CC)CCn1c(=N)n(CCOc2cccc(C)c2)c2ccccc21. The van der Waals surface area contributed by atoms with Crippen LogP contribution in [0.25, 0.3) is 11.0 Å². The van der Waals surface area contributed by atoms with Gasteiger partial charge in [-0.25, -0.2) is 0 Å². The number of nitrogens with zero attached hydrogens (tertiary/aromatic N) is 3. The molecule has 0 unspecified atom stereocenters. The molecule has 1 N–H and O–H groups in total. The zero-order chi connectivity index (χ0) is 19.2. The third-order valence-corrected chi connectivity index (χ3v) is 5.08. The van der Waals surface area contributed by atoms with Crippen molar-refractivity contribution in [3.05, 3.63) is 59.7 Å². The molecule has 0 atom stereocenters. The number of ether oxygens (including phenoxy) is 1. The van der Waals surface area contributed by atoms with E-state index in [0.29, 0.717) is 18.8 Å². The Kier molecular flexibility index (Phi) is 8.33. The Morgan fingerprint density at radius 3 is 2.18 bits per heavy atom. The van der Waals surface area contributed by atoms with Gasteiger partial charge in [-0.1, -0.05) is 38.1 Å². The third-order valence-electron chi connectivity index (χ3n) is 5.08. The van der Waals surface area contributed by atoms with Gasteiger partial charge >= 0.3 is 0 Å². The molecule has 0 fully saturated rings. The summed E-state index contributed by atoms with van der Waals surface area (Å²) in [5, 5.41) is 8.70. The van der Waals surface area contributed by atoms with Gasteiger partial charge in [0.15, 0.2) is 0 Å². The van der Waals surface area contributed by atoms with E-state index >= 15 is 0 Å². The summed E-state index contributed by atoms with van der Waals surface area (Å²) >= 11 is 0. The number of nitrogens with one attached hydrogen (secondary N) is 1. The molecule has 0 aliphatic carbocycles. The number of aromatic nitrogens is 2. The van der Waals surface area contributed by atoms with Crippen LogP contribution in [0.3, 0.4) is 0 Å². The van der Waals surface area contributed by atoms with E-state index in [0.717, 1.165) is 43.0 Å². The Balaban J connectivity index is 0.00000280. The average molecular weight is 447 g/mol. The summed E-state index contributed by atoms with van der Waals surface area (Å²) < 4.78 is 10.1. The van der Waals surface area contributed by atoms with Crippen LogP contribution in [0.2, 0.25) is 0 Å². The van der Waals surface area contributed by atoms with Crippen LogP contribution in [0.1, 0.15) is 19.4 Å². The minimum atomic E-state index is 0. The number of aryl methyl sites for hydroxylation is 1. The highest BCUT2D eigenvalue weighted by Gasteiger charge is 2.11. The highest BCUT2D eigenvalue weighted by atomic mass is 79.9. The van der Waals surface area contributed by atoms with Crippen molar-refractivity contribution < 1.29 is 4.74 Å². The van der Waals surface area contributed by atoms with Gasteiger partial charge < -0.3 is 18.8 Å². The summed E-state index contributed by atoms with van der Waals surface area (Å²) in [7, 11) is 0. The second kappa shape index (κ2) is 10.5. The fourth-order valence-corrected chi connectivity index (χ4v) is 3.49. The molecule has 5 nitrogen and oxygen atoms in total. The number of halogens is 1. The zero-order valence-electron chi connectivity index (χ0n) is 17.0. The lowest BCUT2D eigenvalue weighted by Gasteiger charge is -2.18. The Morgan fingerprint density at radius 1 is 0.929 bits per heavy atom. The van der Waals surface area contributed by atoms with E-state index in [1.807, 2.05) is 34.9 Å². The van der Waals surface area contributed by atoms with Crippen LogP contribution in [-0.4, -0.2) is 40.3 Å². The lowest BCUT2D eigenvalue weighted by molar-refractivity contribution is 0.284. The van der Waals surface area contributed by atoms with Gasteiger partial charge in [0.05, 0.1) is 17.6 Å². The van der Waals surface area contributed by atoms with Crippen molar-refractivity contribution in [2.45, 2.75) is 33.9 Å². The van der Waals surface area contributed by atoms with E-state index in [1.54, 1.807) is 0 Å². The number of hydrogen-bond acceptors (Lipinski definition) is 3. The fraction of sp³-hybridized carbons (Fsp3) is 0.409. The maximum Gasteiger partial charge on any atom is 0.203 e. The summed E-state index contributed by atoms with van der Waals surface area (Å²) in [5.41, 5.74) is 3.94. The first-order chi connectivity index (χ1) is 13.1. The van der Waals surface area contributed by atoms with E-state index in [2.05, 4.69) is 48.4 Å². The topological polar surface area (TPSA) is 46.2 Å². The molecule has 0 aliphatic rings. The Morgan fingerprint density at radius 2 is 1.57 bits per heavy atom. The molecule has 0 bridgehead atoms. The van der Waals surface area contributed by atoms with Crippen LogP contribution in [-0.2, 0) is 13.1 Å². The number of benzene rings is 2. The van der Waals surface area contributed by atoms with Crippen molar-refractivity contribution in [1.82, 2.24) is 14.0 Å². The number of imidazole rings is 1. The summed E-state index contributed by atoms with van der Waals surface area (Å²) in [4.78, 5) is 2.39. The van der Waals surface area contributed by atoms with E-state index in [9.17, 15) is 0 Å². The molecule has 0 aliphatic heterocycles. The lowest BCUT2D eigenvalue weighted by Crippen LogP contribution is -2.32. The Hall–Kier alpha value is -2.05. The number of hydrogen-bond donors (Lipinski definition) is 1. The molecule has 0 amide bonds. The van der Waals surface area contributed by atoms with Gasteiger partial charge in [-0.3, -0.25) is 5.41 Å². The normalized spacial score (nSPS) is 11.0. The number of rotatable bonds is 9. The van der Waals surface area contributed by atoms with Gasteiger partial charge in [0.1, 0.15) is 12.4 Å². The minimum Gasteiger partial charge on any atom is -0.492 e. The minimum absolute atomic E-state index is 0. The summed E-state index contributed by atoms with van der Waals surface area (Å²) in [6.45, 7) is 11.5. The highest BCUT2D eigenvalue weighted by molar-refractivity contribution is 8.93. The van der Waals surface area contributed by atoms with E-state index in [-0.39, 0.29) is 17.0 Å². The van der Waals surface area contributed by atoms with Crippen LogP contribution in [0, 0.1) is 12.3 Å². The van der Waals surface area contributed by atoms with Crippen molar-refractivity contribution in [2.24, 2.45) is 0 Å². The monoisotopic (exact) mass is 446 g/mol. The van der Waals surface area contributed by atoms with Crippen molar-refractivity contribution >= 4 is 28.0 Å². The highest BCUT2D eigenvalue weighted by Crippen LogP contribution is 2.15. The molecule has 0 saturated carbocycles. The fourth-order valence-electron chi connectivity index (χ4n) is 3.49. The quantitative estimate of drug-likeness (QED) is 0.534. The van der Waals surface area contributed by atoms with Crippen molar-refractivity contribution in [1.29, 1.82) is 5.41 Å². The molecule has 152 valence electrons. The molecule has 2 aromatic carbocycles. The van der Waals surface area contributed by atoms with E-state index < -0.39 is 0 Å². The zero-order valence-corrected chi connectivity index (χ0v) is 18.7. The molecule has 28 heavy (non-hydrogen) atoms. The third kappa shape index (κ3) is 5.06. The molecule has 6 heteroatoms. The van der Waals surface area contributed by atoms with E-state index in [4.69, 9.17) is 10.1 Å². The standard InChI is InChI=1S/C22H30N4O.BrH/c1-4-24(5-2)13-14-25-20-11-6-7-12-21(20)26(22(25)23)15-16-27-19-10-8-9-18(3)17-19;/h6-12,17,23H,4-5,13-16H2,1-3H3;1H. The molecule has 0 saturated heterocycles. The molecular formula is C22H31BrN4O. The largest absolute Gasteiger partial charge is 0.492 e. The van der Waals surface area contributed by atoms with Crippen LogP contribution < -0.4 is 10.4 Å². The number of likely N-dealkylation sites (N-methyl/N-ethyl adjacent to an activating group) is 1. The van der Waals surface area contributed by atoms with Crippen LogP contribution >= 0.6 is 17.0 Å². The van der Waals surface area contributed by atoms with Crippen molar-refractivity contribution in [3.63, 3.8) is 0 Å².